The molecular weight excluding hydrogens is 432 g/mol. The van der Waals surface area contributed by atoms with Crippen LogP contribution in [0.3, 0.4) is 0 Å². The predicted octanol–water partition coefficient (Wildman–Crippen LogP) is 10.3. The first-order valence-electron chi connectivity index (χ1n) is 12.7. The average molecular weight is 463 g/mol. The Hall–Kier alpha value is -4.16. The van der Waals surface area contributed by atoms with E-state index in [2.05, 4.69) is 148 Å². The molecule has 6 rings (SSSR count). The number of hydrogen-bond acceptors (Lipinski definition) is 0. The Kier molecular flexibility index (Phi) is 5.46. The van der Waals surface area contributed by atoms with Crippen LogP contribution >= 0.6 is 0 Å². The van der Waals surface area contributed by atoms with Crippen LogP contribution in [0, 0.1) is 0 Å². The number of rotatable bonds is 3. The van der Waals surface area contributed by atoms with Gasteiger partial charge in [0, 0.05) is 0 Å². The Morgan fingerprint density at radius 3 is 1.47 bits per heavy atom. The van der Waals surface area contributed by atoms with E-state index in [0.717, 1.165) is 0 Å². The minimum Gasteiger partial charge on any atom is -0.0622 e. The standard InChI is InChI=1S/C36H30/c1-36(2,3)28-23-21-25(22-24-28)29-19-12-20-32-33(26-13-6-4-7-14-26)30-17-10-11-18-31(30)34(35(29)32)27-15-8-5-9-16-27/h4-24H,1-3H3. The van der Waals surface area contributed by atoms with Crippen molar-refractivity contribution in [3.05, 3.63) is 133 Å². The number of benzene rings is 6. The van der Waals surface area contributed by atoms with Crippen LogP contribution < -0.4 is 0 Å². The normalized spacial score (nSPS) is 11.8. The van der Waals surface area contributed by atoms with Gasteiger partial charge >= 0.3 is 0 Å². The molecule has 0 unspecified atom stereocenters. The zero-order valence-electron chi connectivity index (χ0n) is 21.1. The monoisotopic (exact) mass is 462 g/mol. The van der Waals surface area contributed by atoms with Gasteiger partial charge in [-0.2, -0.15) is 0 Å². The average Bonchev–Trinajstić information content (AvgIpc) is 2.92. The lowest BCUT2D eigenvalue weighted by molar-refractivity contribution is 0.590. The van der Waals surface area contributed by atoms with Crippen molar-refractivity contribution in [2.24, 2.45) is 0 Å². The second kappa shape index (κ2) is 8.81. The molecule has 0 heterocycles. The SMILES string of the molecule is CC(C)(C)c1ccc(-c2cccc3c(-c4ccccc4)c4ccccc4c(-c4ccccc4)c23)cc1. The molecule has 0 aliphatic heterocycles. The molecule has 0 saturated heterocycles. The van der Waals surface area contributed by atoms with Crippen LogP contribution in [0.4, 0.5) is 0 Å². The molecule has 0 fully saturated rings. The summed E-state index contributed by atoms with van der Waals surface area (Å²) in [6.07, 6.45) is 0. The van der Waals surface area contributed by atoms with E-state index >= 15 is 0 Å². The van der Waals surface area contributed by atoms with E-state index in [4.69, 9.17) is 0 Å². The summed E-state index contributed by atoms with van der Waals surface area (Å²) in [5, 5.41) is 5.17. The lowest BCUT2D eigenvalue weighted by atomic mass is 9.82. The van der Waals surface area contributed by atoms with E-state index in [0.29, 0.717) is 0 Å². The van der Waals surface area contributed by atoms with Gasteiger partial charge in [0.25, 0.3) is 0 Å². The summed E-state index contributed by atoms with van der Waals surface area (Å²) in [7, 11) is 0. The first-order chi connectivity index (χ1) is 17.5. The Morgan fingerprint density at radius 1 is 0.389 bits per heavy atom. The highest BCUT2D eigenvalue weighted by atomic mass is 14.2. The van der Waals surface area contributed by atoms with Crippen LogP contribution in [0.25, 0.3) is 54.9 Å². The van der Waals surface area contributed by atoms with Crippen LogP contribution in [0.1, 0.15) is 26.3 Å². The van der Waals surface area contributed by atoms with Gasteiger partial charge < -0.3 is 0 Å². The van der Waals surface area contributed by atoms with Gasteiger partial charge in [0.2, 0.25) is 0 Å². The molecule has 0 nitrogen and oxygen atoms in total. The van der Waals surface area contributed by atoms with Gasteiger partial charge in [-0.05, 0) is 65.9 Å². The molecule has 36 heavy (non-hydrogen) atoms. The van der Waals surface area contributed by atoms with Crippen molar-refractivity contribution in [2.45, 2.75) is 26.2 Å². The molecule has 0 aliphatic rings. The van der Waals surface area contributed by atoms with E-state index in [9.17, 15) is 0 Å². The van der Waals surface area contributed by atoms with Crippen LogP contribution in [0.2, 0.25) is 0 Å². The zero-order valence-corrected chi connectivity index (χ0v) is 21.1. The minimum atomic E-state index is 0.128. The van der Waals surface area contributed by atoms with E-state index in [-0.39, 0.29) is 5.41 Å². The van der Waals surface area contributed by atoms with Gasteiger partial charge in [0.05, 0.1) is 0 Å². The van der Waals surface area contributed by atoms with E-state index in [1.54, 1.807) is 0 Å². The largest absolute Gasteiger partial charge is 0.0622 e. The van der Waals surface area contributed by atoms with Gasteiger partial charge in [0.15, 0.2) is 0 Å². The van der Waals surface area contributed by atoms with Crippen molar-refractivity contribution in [3.8, 4) is 33.4 Å². The fourth-order valence-corrected chi connectivity index (χ4v) is 5.44. The third kappa shape index (κ3) is 3.80. The Morgan fingerprint density at radius 2 is 0.889 bits per heavy atom. The van der Waals surface area contributed by atoms with Crippen LogP contribution in [-0.2, 0) is 5.41 Å². The molecule has 174 valence electrons. The van der Waals surface area contributed by atoms with Crippen molar-refractivity contribution in [2.75, 3.05) is 0 Å². The van der Waals surface area contributed by atoms with E-state index in [1.807, 2.05) is 0 Å². The molecule has 6 aromatic rings. The maximum atomic E-state index is 2.30. The molecule has 0 radical (unpaired) electrons. The molecule has 0 amide bonds. The Balaban J connectivity index is 1.78. The maximum absolute atomic E-state index is 2.30. The molecule has 0 bridgehead atoms. The summed E-state index contributed by atoms with van der Waals surface area (Å²) in [5.74, 6) is 0. The minimum absolute atomic E-state index is 0.128. The highest BCUT2D eigenvalue weighted by Crippen LogP contribution is 2.46. The highest BCUT2D eigenvalue weighted by Gasteiger charge is 2.20. The van der Waals surface area contributed by atoms with E-state index in [1.165, 1.54) is 60.5 Å². The quantitative estimate of drug-likeness (QED) is 0.229. The van der Waals surface area contributed by atoms with Gasteiger partial charge in [-0.15, -0.1) is 0 Å². The fraction of sp³-hybridized carbons (Fsp3) is 0.111. The van der Waals surface area contributed by atoms with E-state index < -0.39 is 0 Å². The molecule has 6 aromatic carbocycles. The van der Waals surface area contributed by atoms with Crippen molar-refractivity contribution in [1.82, 2.24) is 0 Å². The fourth-order valence-electron chi connectivity index (χ4n) is 5.44. The molecular formula is C36H30. The number of fused-ring (bicyclic) bond motifs is 2. The molecule has 0 N–H and O–H groups in total. The molecule has 0 spiro atoms. The predicted molar refractivity (Wildman–Crippen MR) is 156 cm³/mol. The highest BCUT2D eigenvalue weighted by molar-refractivity contribution is 6.24. The summed E-state index contributed by atoms with van der Waals surface area (Å²) in [6, 6.07) is 46.5. The zero-order chi connectivity index (χ0) is 24.7. The summed E-state index contributed by atoms with van der Waals surface area (Å²) >= 11 is 0. The van der Waals surface area contributed by atoms with Crippen molar-refractivity contribution in [3.63, 3.8) is 0 Å². The van der Waals surface area contributed by atoms with Gasteiger partial charge in [-0.25, -0.2) is 0 Å². The first-order valence-corrected chi connectivity index (χ1v) is 12.7. The van der Waals surface area contributed by atoms with Crippen LogP contribution in [-0.4, -0.2) is 0 Å². The smallest absolute Gasteiger partial charge is 0.00141 e. The summed E-state index contributed by atoms with van der Waals surface area (Å²) in [4.78, 5) is 0. The maximum Gasteiger partial charge on any atom is -0.00141 e. The van der Waals surface area contributed by atoms with Gasteiger partial charge in [0.1, 0.15) is 0 Å². The van der Waals surface area contributed by atoms with Crippen LogP contribution in [0.5, 0.6) is 0 Å². The third-order valence-electron chi connectivity index (χ3n) is 7.24. The van der Waals surface area contributed by atoms with Gasteiger partial charge in [-0.1, -0.05) is 148 Å². The lowest BCUT2D eigenvalue weighted by Gasteiger charge is -2.21. The topological polar surface area (TPSA) is 0 Å². The molecule has 0 aliphatic carbocycles. The Labute approximate surface area is 213 Å². The summed E-state index contributed by atoms with van der Waals surface area (Å²) in [6.45, 7) is 6.81. The van der Waals surface area contributed by atoms with Crippen molar-refractivity contribution in [1.29, 1.82) is 0 Å². The lowest BCUT2D eigenvalue weighted by Crippen LogP contribution is -2.10. The number of hydrogen-bond donors (Lipinski definition) is 0. The second-order valence-corrected chi connectivity index (χ2v) is 10.6. The molecule has 0 atom stereocenters. The summed E-state index contributed by atoms with van der Waals surface area (Å²) < 4.78 is 0. The molecule has 0 heteroatoms. The van der Waals surface area contributed by atoms with Crippen LogP contribution in [0.15, 0.2) is 127 Å². The second-order valence-electron chi connectivity index (χ2n) is 10.6. The summed E-state index contributed by atoms with van der Waals surface area (Å²) in [5.41, 5.74) is 9.10. The molecule has 0 saturated carbocycles. The Bertz CT molecular complexity index is 1670. The first kappa shape index (κ1) is 22.3. The third-order valence-corrected chi connectivity index (χ3v) is 7.24. The molecule has 0 aromatic heterocycles. The van der Waals surface area contributed by atoms with Gasteiger partial charge in [-0.3, -0.25) is 0 Å². The van der Waals surface area contributed by atoms with Crippen molar-refractivity contribution >= 4 is 21.5 Å². The van der Waals surface area contributed by atoms with Crippen molar-refractivity contribution < 1.29 is 0 Å².